The van der Waals surface area contributed by atoms with Crippen molar-refractivity contribution >= 4 is 0 Å². The summed E-state index contributed by atoms with van der Waals surface area (Å²) < 4.78 is 10.7. The second kappa shape index (κ2) is 4.57. The van der Waals surface area contributed by atoms with Crippen LogP contribution in [0.5, 0.6) is 5.75 Å². The molecule has 5 heteroatoms. The molecule has 3 atom stereocenters. The summed E-state index contributed by atoms with van der Waals surface area (Å²) in [5.41, 5.74) is 0. The van der Waals surface area contributed by atoms with Crippen molar-refractivity contribution in [2.24, 2.45) is 0 Å². The maximum absolute atomic E-state index is 9.46. The van der Waals surface area contributed by atoms with Crippen molar-refractivity contribution in [3.05, 3.63) is 24.5 Å². The SMILES string of the molecule is OCC1OC(Oc2cccnc2)CC1O. The normalized spacial score (nSPS) is 30.4. The number of hydrogen-bond donors (Lipinski definition) is 2. The molecule has 0 saturated carbocycles. The fraction of sp³-hybridized carbons (Fsp3) is 0.500. The number of aliphatic hydroxyl groups is 2. The highest BCUT2D eigenvalue weighted by molar-refractivity contribution is 5.15. The van der Waals surface area contributed by atoms with Crippen LogP contribution >= 0.6 is 0 Å². The Labute approximate surface area is 87.3 Å². The summed E-state index contributed by atoms with van der Waals surface area (Å²) in [6.07, 6.45) is 1.85. The largest absolute Gasteiger partial charge is 0.463 e. The maximum atomic E-state index is 9.46. The number of pyridine rings is 1. The third-order valence-corrected chi connectivity index (χ3v) is 2.27. The lowest BCUT2D eigenvalue weighted by Crippen LogP contribution is -2.24. The van der Waals surface area contributed by atoms with E-state index in [1.165, 1.54) is 0 Å². The van der Waals surface area contributed by atoms with Crippen LogP contribution in [0.4, 0.5) is 0 Å². The van der Waals surface area contributed by atoms with Gasteiger partial charge in [0.15, 0.2) is 0 Å². The van der Waals surface area contributed by atoms with E-state index in [2.05, 4.69) is 4.98 Å². The molecule has 2 rings (SSSR count). The first-order valence-corrected chi connectivity index (χ1v) is 4.80. The van der Waals surface area contributed by atoms with E-state index in [4.69, 9.17) is 14.6 Å². The first-order chi connectivity index (χ1) is 7.29. The van der Waals surface area contributed by atoms with Crippen LogP contribution < -0.4 is 4.74 Å². The Bertz CT molecular complexity index is 306. The summed E-state index contributed by atoms with van der Waals surface area (Å²) in [4.78, 5) is 3.89. The van der Waals surface area contributed by atoms with Crippen LogP contribution in [-0.2, 0) is 4.74 Å². The van der Waals surface area contributed by atoms with Crippen molar-refractivity contribution in [1.82, 2.24) is 4.98 Å². The van der Waals surface area contributed by atoms with E-state index in [0.717, 1.165) is 0 Å². The zero-order valence-electron chi connectivity index (χ0n) is 8.11. The van der Waals surface area contributed by atoms with Gasteiger partial charge in [-0.05, 0) is 12.1 Å². The summed E-state index contributed by atoms with van der Waals surface area (Å²) in [5.74, 6) is 0.591. The van der Waals surface area contributed by atoms with Crippen LogP contribution in [0.1, 0.15) is 6.42 Å². The lowest BCUT2D eigenvalue weighted by molar-refractivity contribution is -0.0933. The molecule has 0 aromatic carbocycles. The number of ether oxygens (including phenoxy) is 2. The average Bonchev–Trinajstić information content (AvgIpc) is 2.60. The molecule has 1 saturated heterocycles. The molecule has 2 N–H and O–H groups in total. The molecule has 15 heavy (non-hydrogen) atoms. The minimum Gasteiger partial charge on any atom is -0.463 e. The molecule has 0 radical (unpaired) electrons. The number of aliphatic hydroxyl groups excluding tert-OH is 2. The monoisotopic (exact) mass is 211 g/mol. The Morgan fingerprint density at radius 3 is 3.07 bits per heavy atom. The molecule has 0 bridgehead atoms. The van der Waals surface area contributed by atoms with E-state index in [-0.39, 0.29) is 6.61 Å². The van der Waals surface area contributed by atoms with E-state index < -0.39 is 18.5 Å². The van der Waals surface area contributed by atoms with Gasteiger partial charge < -0.3 is 19.7 Å². The summed E-state index contributed by atoms with van der Waals surface area (Å²) in [7, 11) is 0. The minimum atomic E-state index is -0.670. The molecule has 3 unspecified atom stereocenters. The van der Waals surface area contributed by atoms with Gasteiger partial charge in [0, 0.05) is 12.6 Å². The second-order valence-electron chi connectivity index (χ2n) is 3.40. The number of hydrogen-bond acceptors (Lipinski definition) is 5. The van der Waals surface area contributed by atoms with Gasteiger partial charge in [0.1, 0.15) is 11.9 Å². The van der Waals surface area contributed by atoms with Gasteiger partial charge in [0.05, 0.1) is 18.9 Å². The predicted octanol–water partition coefficient (Wildman–Crippen LogP) is -0.0714. The van der Waals surface area contributed by atoms with Gasteiger partial charge in [-0.1, -0.05) is 0 Å². The predicted molar refractivity (Wildman–Crippen MR) is 51.2 cm³/mol. The van der Waals surface area contributed by atoms with E-state index in [1.54, 1.807) is 24.5 Å². The molecule has 1 fully saturated rings. The third-order valence-electron chi connectivity index (χ3n) is 2.27. The molecule has 0 aliphatic carbocycles. The lowest BCUT2D eigenvalue weighted by atomic mass is 10.2. The average molecular weight is 211 g/mol. The fourth-order valence-corrected chi connectivity index (χ4v) is 1.50. The zero-order valence-corrected chi connectivity index (χ0v) is 8.11. The van der Waals surface area contributed by atoms with Crippen LogP contribution in [0, 0.1) is 0 Å². The summed E-state index contributed by atoms with van der Waals surface area (Å²) in [6.45, 7) is -0.200. The van der Waals surface area contributed by atoms with Crippen molar-refractivity contribution in [1.29, 1.82) is 0 Å². The van der Waals surface area contributed by atoms with Gasteiger partial charge in [-0.15, -0.1) is 0 Å². The van der Waals surface area contributed by atoms with Gasteiger partial charge in [-0.25, -0.2) is 0 Å². The topological polar surface area (TPSA) is 71.8 Å². The van der Waals surface area contributed by atoms with Crippen LogP contribution in [0.2, 0.25) is 0 Å². The molecule has 1 aromatic rings. The molecule has 82 valence electrons. The van der Waals surface area contributed by atoms with Crippen molar-refractivity contribution in [3.8, 4) is 5.75 Å². The Morgan fingerprint density at radius 2 is 2.47 bits per heavy atom. The Kier molecular flexibility index (Phi) is 3.15. The smallest absolute Gasteiger partial charge is 0.202 e. The Balaban J connectivity index is 1.92. The van der Waals surface area contributed by atoms with Gasteiger partial charge in [0.25, 0.3) is 0 Å². The molecule has 2 heterocycles. The fourth-order valence-electron chi connectivity index (χ4n) is 1.50. The molecular formula is C10H13NO4. The maximum Gasteiger partial charge on any atom is 0.202 e. The van der Waals surface area contributed by atoms with Crippen molar-refractivity contribution in [2.45, 2.75) is 24.9 Å². The number of rotatable bonds is 3. The van der Waals surface area contributed by atoms with Gasteiger partial charge in [0.2, 0.25) is 6.29 Å². The lowest BCUT2D eigenvalue weighted by Gasteiger charge is -2.13. The van der Waals surface area contributed by atoms with Gasteiger partial charge >= 0.3 is 0 Å². The quantitative estimate of drug-likeness (QED) is 0.732. The van der Waals surface area contributed by atoms with Crippen LogP contribution in [0.3, 0.4) is 0 Å². The van der Waals surface area contributed by atoms with E-state index in [0.29, 0.717) is 12.2 Å². The first kappa shape index (κ1) is 10.4. The third kappa shape index (κ3) is 2.44. The number of aromatic nitrogens is 1. The Hall–Kier alpha value is -1.17. The van der Waals surface area contributed by atoms with E-state index in [1.807, 2.05) is 0 Å². The summed E-state index contributed by atoms with van der Waals surface area (Å²) in [6, 6.07) is 3.51. The molecule has 0 spiro atoms. The van der Waals surface area contributed by atoms with Crippen molar-refractivity contribution in [2.75, 3.05) is 6.61 Å². The van der Waals surface area contributed by atoms with Crippen LogP contribution in [0.15, 0.2) is 24.5 Å². The van der Waals surface area contributed by atoms with Crippen molar-refractivity contribution < 1.29 is 19.7 Å². The van der Waals surface area contributed by atoms with Gasteiger partial charge in [-0.3, -0.25) is 4.98 Å². The van der Waals surface area contributed by atoms with Crippen LogP contribution in [-0.4, -0.2) is 40.3 Å². The number of nitrogens with zero attached hydrogens (tertiary/aromatic N) is 1. The molecule has 5 nitrogen and oxygen atoms in total. The molecule has 1 aliphatic rings. The second-order valence-corrected chi connectivity index (χ2v) is 3.40. The molecule has 0 amide bonds. The first-order valence-electron chi connectivity index (χ1n) is 4.80. The highest BCUT2D eigenvalue weighted by atomic mass is 16.7. The zero-order chi connectivity index (χ0) is 10.7. The van der Waals surface area contributed by atoms with Crippen molar-refractivity contribution in [3.63, 3.8) is 0 Å². The minimum absolute atomic E-state index is 0.200. The van der Waals surface area contributed by atoms with Crippen LogP contribution in [0.25, 0.3) is 0 Å². The molecule has 1 aromatic heterocycles. The Morgan fingerprint density at radius 1 is 1.60 bits per heavy atom. The molecular weight excluding hydrogens is 198 g/mol. The summed E-state index contributed by atoms with van der Waals surface area (Å²) in [5, 5.41) is 18.3. The van der Waals surface area contributed by atoms with E-state index in [9.17, 15) is 5.11 Å². The highest BCUT2D eigenvalue weighted by Crippen LogP contribution is 2.22. The molecule has 1 aliphatic heterocycles. The van der Waals surface area contributed by atoms with Gasteiger partial charge in [-0.2, -0.15) is 0 Å². The standard InChI is InChI=1S/C10H13NO4/c12-6-9-8(13)4-10(15-9)14-7-2-1-3-11-5-7/h1-3,5,8-10,12-13H,4,6H2. The van der Waals surface area contributed by atoms with E-state index >= 15 is 0 Å². The highest BCUT2D eigenvalue weighted by Gasteiger charge is 2.34. The summed E-state index contributed by atoms with van der Waals surface area (Å²) >= 11 is 0.